The number of sulfonamides is 1. The molecule has 4 nitrogen and oxygen atoms in total. The zero-order valence-electron chi connectivity index (χ0n) is 13.3. The van der Waals surface area contributed by atoms with Crippen LogP contribution in [-0.2, 0) is 10.0 Å². The maximum absolute atomic E-state index is 12.3. The summed E-state index contributed by atoms with van der Waals surface area (Å²) >= 11 is 6.04. The van der Waals surface area contributed by atoms with Gasteiger partial charge in [-0.3, -0.25) is 0 Å². The summed E-state index contributed by atoms with van der Waals surface area (Å²) in [6.45, 7) is 6.63. The van der Waals surface area contributed by atoms with E-state index in [4.69, 9.17) is 11.6 Å². The molecule has 1 unspecified atom stereocenters. The first-order valence-electron chi connectivity index (χ1n) is 7.90. The fourth-order valence-corrected chi connectivity index (χ4v) is 4.55. The van der Waals surface area contributed by atoms with Crippen LogP contribution in [0.4, 0.5) is 0 Å². The average Bonchev–Trinajstić information content (AvgIpc) is 2.45. The van der Waals surface area contributed by atoms with Crippen LogP contribution in [0.1, 0.15) is 38.2 Å². The zero-order valence-corrected chi connectivity index (χ0v) is 14.9. The zero-order chi connectivity index (χ0) is 16.2. The summed E-state index contributed by atoms with van der Waals surface area (Å²) in [6.07, 6.45) is 4.60. The van der Waals surface area contributed by atoms with Gasteiger partial charge >= 0.3 is 0 Å². The second-order valence-corrected chi connectivity index (χ2v) is 8.21. The van der Waals surface area contributed by atoms with Gasteiger partial charge in [0.1, 0.15) is 4.90 Å². The standard InChI is InChI=1S/C16H25ClN2O2S/c1-13-7-8-16(15(17)12-13)22(20,21)18-9-5-11-19-10-4-3-6-14(19)2/h7-8,12,14,18H,3-6,9-11H2,1-2H3. The quantitative estimate of drug-likeness (QED) is 0.806. The van der Waals surface area contributed by atoms with Gasteiger partial charge in [0.25, 0.3) is 0 Å². The molecule has 1 N–H and O–H groups in total. The lowest BCUT2D eigenvalue weighted by Gasteiger charge is -2.33. The van der Waals surface area contributed by atoms with Crippen LogP contribution in [0.3, 0.4) is 0 Å². The SMILES string of the molecule is Cc1ccc(S(=O)(=O)NCCCN2CCCCC2C)c(Cl)c1. The van der Waals surface area contributed by atoms with Gasteiger partial charge in [0.2, 0.25) is 10.0 Å². The molecule has 1 aliphatic rings. The Bertz CT molecular complexity index is 604. The van der Waals surface area contributed by atoms with E-state index < -0.39 is 10.0 Å². The smallest absolute Gasteiger partial charge is 0.242 e. The minimum Gasteiger partial charge on any atom is -0.301 e. The summed E-state index contributed by atoms with van der Waals surface area (Å²) in [4.78, 5) is 2.60. The van der Waals surface area contributed by atoms with Gasteiger partial charge in [-0.05, 0) is 63.9 Å². The first-order valence-corrected chi connectivity index (χ1v) is 9.76. The van der Waals surface area contributed by atoms with Crippen molar-refractivity contribution >= 4 is 21.6 Å². The van der Waals surface area contributed by atoms with Crippen molar-refractivity contribution in [1.82, 2.24) is 9.62 Å². The van der Waals surface area contributed by atoms with Crippen molar-refractivity contribution in [3.8, 4) is 0 Å². The molecule has 6 heteroatoms. The van der Waals surface area contributed by atoms with Crippen molar-refractivity contribution in [2.75, 3.05) is 19.6 Å². The molecule has 1 aliphatic heterocycles. The van der Waals surface area contributed by atoms with Gasteiger partial charge in [0.05, 0.1) is 5.02 Å². The summed E-state index contributed by atoms with van der Waals surface area (Å²) < 4.78 is 27.2. The monoisotopic (exact) mass is 344 g/mol. The first-order chi connectivity index (χ1) is 10.4. The van der Waals surface area contributed by atoms with Gasteiger partial charge in [0, 0.05) is 12.6 Å². The van der Waals surface area contributed by atoms with E-state index in [0.717, 1.165) is 25.1 Å². The highest BCUT2D eigenvalue weighted by Crippen LogP contribution is 2.22. The van der Waals surface area contributed by atoms with Crippen LogP contribution in [0, 0.1) is 6.92 Å². The van der Waals surface area contributed by atoms with E-state index in [2.05, 4.69) is 16.5 Å². The van der Waals surface area contributed by atoms with E-state index in [1.54, 1.807) is 18.2 Å². The average molecular weight is 345 g/mol. The molecular formula is C16H25ClN2O2S. The normalized spacial score (nSPS) is 20.2. The molecule has 1 aromatic carbocycles. The first kappa shape index (κ1) is 17.7. The third kappa shape index (κ3) is 4.69. The molecule has 0 spiro atoms. The predicted octanol–water partition coefficient (Wildman–Crippen LogP) is 3.19. The number of rotatable bonds is 6. The lowest BCUT2D eigenvalue weighted by atomic mass is 10.0. The number of piperidine rings is 1. The highest BCUT2D eigenvalue weighted by molar-refractivity contribution is 7.89. The van der Waals surface area contributed by atoms with Crippen LogP contribution in [-0.4, -0.2) is 39.0 Å². The molecule has 22 heavy (non-hydrogen) atoms. The molecule has 124 valence electrons. The number of nitrogens with one attached hydrogen (secondary N) is 1. The number of halogens is 1. The molecule has 1 atom stereocenters. The van der Waals surface area contributed by atoms with E-state index in [9.17, 15) is 8.42 Å². The van der Waals surface area contributed by atoms with E-state index in [-0.39, 0.29) is 9.92 Å². The number of likely N-dealkylation sites (tertiary alicyclic amines) is 1. The molecule has 1 saturated heterocycles. The van der Waals surface area contributed by atoms with E-state index >= 15 is 0 Å². The molecule has 1 heterocycles. The Balaban J connectivity index is 1.85. The molecule has 2 rings (SSSR count). The van der Waals surface area contributed by atoms with Crippen molar-refractivity contribution < 1.29 is 8.42 Å². The topological polar surface area (TPSA) is 49.4 Å². The molecule has 0 aromatic heterocycles. The number of hydrogen-bond acceptors (Lipinski definition) is 3. The Kier molecular flexibility index (Phi) is 6.26. The minimum absolute atomic E-state index is 0.158. The fourth-order valence-electron chi connectivity index (χ4n) is 2.88. The summed E-state index contributed by atoms with van der Waals surface area (Å²) in [5.41, 5.74) is 0.947. The Morgan fingerprint density at radius 1 is 1.36 bits per heavy atom. The fraction of sp³-hybridized carbons (Fsp3) is 0.625. The highest BCUT2D eigenvalue weighted by Gasteiger charge is 2.19. The summed E-state index contributed by atoms with van der Waals surface area (Å²) in [5.74, 6) is 0. The van der Waals surface area contributed by atoms with Gasteiger partial charge < -0.3 is 4.90 Å². The van der Waals surface area contributed by atoms with Crippen LogP contribution in [0.5, 0.6) is 0 Å². The van der Waals surface area contributed by atoms with Crippen LogP contribution < -0.4 is 4.72 Å². The Morgan fingerprint density at radius 2 is 2.14 bits per heavy atom. The van der Waals surface area contributed by atoms with Gasteiger partial charge in [-0.1, -0.05) is 24.1 Å². The maximum Gasteiger partial charge on any atom is 0.242 e. The minimum atomic E-state index is -3.52. The molecule has 0 aliphatic carbocycles. The molecule has 1 aromatic rings. The second-order valence-electron chi connectivity index (χ2n) is 6.07. The van der Waals surface area contributed by atoms with Crippen molar-refractivity contribution in [3.63, 3.8) is 0 Å². The number of nitrogens with zero attached hydrogens (tertiary/aromatic N) is 1. The van der Waals surface area contributed by atoms with Crippen molar-refractivity contribution in [1.29, 1.82) is 0 Å². The largest absolute Gasteiger partial charge is 0.301 e. The van der Waals surface area contributed by atoms with Gasteiger partial charge in [-0.15, -0.1) is 0 Å². The highest BCUT2D eigenvalue weighted by atomic mass is 35.5. The van der Waals surface area contributed by atoms with Gasteiger partial charge in [-0.25, -0.2) is 13.1 Å². The predicted molar refractivity (Wildman–Crippen MR) is 90.9 cm³/mol. The van der Waals surface area contributed by atoms with Gasteiger partial charge in [0.15, 0.2) is 0 Å². The third-order valence-electron chi connectivity index (χ3n) is 4.23. The molecule has 0 amide bonds. The molecule has 0 radical (unpaired) electrons. The lowest BCUT2D eigenvalue weighted by Crippen LogP contribution is -2.39. The Morgan fingerprint density at radius 3 is 2.82 bits per heavy atom. The van der Waals surface area contributed by atoms with E-state index in [0.29, 0.717) is 12.6 Å². The summed E-state index contributed by atoms with van der Waals surface area (Å²) in [6, 6.07) is 5.60. The van der Waals surface area contributed by atoms with Crippen LogP contribution in [0.25, 0.3) is 0 Å². The van der Waals surface area contributed by atoms with E-state index in [1.165, 1.54) is 19.3 Å². The summed E-state index contributed by atoms with van der Waals surface area (Å²) in [5, 5.41) is 0.275. The van der Waals surface area contributed by atoms with Crippen molar-refractivity contribution in [3.05, 3.63) is 28.8 Å². The maximum atomic E-state index is 12.3. The Labute approximate surface area is 138 Å². The van der Waals surface area contributed by atoms with Crippen LogP contribution >= 0.6 is 11.6 Å². The second kappa shape index (κ2) is 7.77. The van der Waals surface area contributed by atoms with Crippen molar-refractivity contribution in [2.45, 2.75) is 50.5 Å². The Hall–Kier alpha value is -0.620. The third-order valence-corrected chi connectivity index (χ3v) is 6.18. The molecule has 1 fully saturated rings. The van der Waals surface area contributed by atoms with Crippen molar-refractivity contribution in [2.24, 2.45) is 0 Å². The molecule has 0 bridgehead atoms. The van der Waals surface area contributed by atoms with Crippen LogP contribution in [0.15, 0.2) is 23.1 Å². The number of hydrogen-bond donors (Lipinski definition) is 1. The lowest BCUT2D eigenvalue weighted by molar-refractivity contribution is 0.159. The number of aryl methyl sites for hydroxylation is 1. The molecule has 0 saturated carbocycles. The summed E-state index contributed by atoms with van der Waals surface area (Å²) in [7, 11) is -3.52. The molecular weight excluding hydrogens is 320 g/mol. The van der Waals surface area contributed by atoms with E-state index in [1.807, 2.05) is 6.92 Å². The number of benzene rings is 1. The van der Waals surface area contributed by atoms with Crippen LogP contribution in [0.2, 0.25) is 5.02 Å². The van der Waals surface area contributed by atoms with Gasteiger partial charge in [-0.2, -0.15) is 0 Å².